The molecular formula is C29H31F3N6O5. The molecule has 0 unspecified atom stereocenters. The van der Waals surface area contributed by atoms with Crippen molar-refractivity contribution in [2.75, 3.05) is 11.9 Å². The Bertz CT molecular complexity index is 1510. The molecule has 0 aliphatic carbocycles. The van der Waals surface area contributed by atoms with Gasteiger partial charge in [-0.1, -0.05) is 48.5 Å². The lowest BCUT2D eigenvalue weighted by molar-refractivity contribution is -0.192. The number of aryl methyl sites for hydroxylation is 1. The SMILES string of the molecule is NCCC[C@@H](N)C(=O)N[C@H](CCc1ccccc1)c1nc(C(=O)Nc2cnc3ccccc3c2)co1.O=C(O)C(F)(F)F. The summed E-state index contributed by atoms with van der Waals surface area (Å²) in [6.45, 7) is 0.462. The van der Waals surface area contributed by atoms with Crippen molar-refractivity contribution >= 4 is 34.4 Å². The van der Waals surface area contributed by atoms with Crippen molar-refractivity contribution in [1.82, 2.24) is 15.3 Å². The van der Waals surface area contributed by atoms with Crippen LogP contribution in [0, 0.1) is 0 Å². The predicted octanol–water partition coefficient (Wildman–Crippen LogP) is 3.96. The minimum Gasteiger partial charge on any atom is -0.475 e. The highest BCUT2D eigenvalue weighted by Gasteiger charge is 2.38. The van der Waals surface area contributed by atoms with E-state index < -0.39 is 30.1 Å². The van der Waals surface area contributed by atoms with Gasteiger partial charge in [-0.15, -0.1) is 0 Å². The number of hydrogen-bond donors (Lipinski definition) is 5. The van der Waals surface area contributed by atoms with Gasteiger partial charge in [-0.05, 0) is 49.9 Å². The van der Waals surface area contributed by atoms with E-state index >= 15 is 0 Å². The second-order valence-electron chi connectivity index (χ2n) is 9.37. The summed E-state index contributed by atoms with van der Waals surface area (Å²) in [5.74, 6) is -3.26. The summed E-state index contributed by atoms with van der Waals surface area (Å²) < 4.78 is 37.4. The number of aliphatic carboxylic acids is 1. The number of carbonyl (C=O) groups is 3. The molecule has 2 aromatic carbocycles. The number of hydrogen-bond acceptors (Lipinski definition) is 8. The fourth-order valence-corrected chi connectivity index (χ4v) is 3.85. The van der Waals surface area contributed by atoms with Crippen LogP contribution in [-0.2, 0) is 16.0 Å². The predicted molar refractivity (Wildman–Crippen MR) is 152 cm³/mol. The molecule has 4 rings (SSSR count). The zero-order chi connectivity index (χ0) is 31.4. The van der Waals surface area contributed by atoms with Gasteiger partial charge in [0.15, 0.2) is 5.69 Å². The van der Waals surface area contributed by atoms with Gasteiger partial charge in [-0.25, -0.2) is 9.78 Å². The number of carboxylic acids is 1. The third kappa shape index (κ3) is 10.2. The Morgan fingerprint density at radius 2 is 1.70 bits per heavy atom. The Hall–Kier alpha value is -4.82. The highest BCUT2D eigenvalue weighted by Crippen LogP contribution is 2.21. The third-order valence-electron chi connectivity index (χ3n) is 6.08. The van der Waals surface area contributed by atoms with Gasteiger partial charge in [0.2, 0.25) is 11.8 Å². The first-order valence-corrected chi connectivity index (χ1v) is 13.2. The van der Waals surface area contributed by atoms with Crippen molar-refractivity contribution in [3.05, 3.63) is 90.3 Å². The standard InChI is InChI=1S/C27H30N6O3.C2HF3O2/c28-14-6-10-21(29)25(34)32-23(13-12-18-7-2-1-3-8-18)27-33-24(17-36-27)26(35)31-20-15-19-9-4-5-11-22(19)30-16-20;3-2(4,5)1(6)7/h1-5,7-9,11,15-17,21,23H,6,10,12-14,28-29H2,(H,31,35)(H,32,34);(H,6,7)/t21-,23-;/m1./s1. The highest BCUT2D eigenvalue weighted by atomic mass is 19.4. The summed E-state index contributed by atoms with van der Waals surface area (Å²) in [6.07, 6.45) is 0.122. The fraction of sp³-hybridized carbons (Fsp3) is 0.276. The molecule has 0 spiro atoms. The Morgan fingerprint density at radius 1 is 1.02 bits per heavy atom. The maximum Gasteiger partial charge on any atom is 0.490 e. The van der Waals surface area contributed by atoms with Gasteiger partial charge in [0.05, 0.1) is 23.4 Å². The van der Waals surface area contributed by atoms with E-state index in [9.17, 15) is 22.8 Å². The van der Waals surface area contributed by atoms with Gasteiger partial charge in [0.1, 0.15) is 12.3 Å². The van der Waals surface area contributed by atoms with Crippen molar-refractivity contribution in [2.45, 2.75) is 43.9 Å². The zero-order valence-electron chi connectivity index (χ0n) is 22.9. The summed E-state index contributed by atoms with van der Waals surface area (Å²) in [5.41, 5.74) is 14.2. The van der Waals surface area contributed by atoms with Crippen LogP contribution in [0.1, 0.15) is 47.2 Å². The van der Waals surface area contributed by atoms with Crippen LogP contribution in [0.3, 0.4) is 0 Å². The molecule has 2 amide bonds. The van der Waals surface area contributed by atoms with E-state index in [0.717, 1.165) is 16.5 Å². The molecule has 0 fully saturated rings. The molecular weight excluding hydrogens is 569 g/mol. The molecule has 4 aromatic rings. The first kappa shape index (κ1) is 32.7. The molecule has 7 N–H and O–H groups in total. The van der Waals surface area contributed by atoms with Crippen molar-refractivity contribution in [3.8, 4) is 0 Å². The van der Waals surface area contributed by atoms with Gasteiger partial charge in [0.25, 0.3) is 5.91 Å². The molecule has 11 nitrogen and oxygen atoms in total. The number of rotatable bonds is 11. The van der Waals surface area contributed by atoms with Crippen molar-refractivity contribution in [1.29, 1.82) is 0 Å². The number of nitrogens with zero attached hydrogens (tertiary/aromatic N) is 2. The quantitative estimate of drug-likeness (QED) is 0.170. The Labute approximate surface area is 244 Å². The molecule has 0 bridgehead atoms. The van der Waals surface area contributed by atoms with Crippen LogP contribution in [0.25, 0.3) is 10.9 Å². The fourth-order valence-electron chi connectivity index (χ4n) is 3.85. The van der Waals surface area contributed by atoms with Gasteiger partial charge in [-0.3, -0.25) is 14.6 Å². The number of oxazole rings is 1. The van der Waals surface area contributed by atoms with E-state index in [1.165, 1.54) is 6.26 Å². The normalized spacial score (nSPS) is 12.5. The maximum atomic E-state index is 12.8. The maximum absolute atomic E-state index is 12.8. The van der Waals surface area contributed by atoms with Gasteiger partial charge in [-0.2, -0.15) is 13.2 Å². The lowest BCUT2D eigenvalue weighted by Crippen LogP contribution is -2.42. The van der Waals surface area contributed by atoms with Gasteiger partial charge in [0, 0.05) is 5.39 Å². The average molecular weight is 601 g/mol. The van der Waals surface area contributed by atoms with E-state index in [1.54, 1.807) is 6.20 Å². The van der Waals surface area contributed by atoms with Crippen LogP contribution < -0.4 is 22.1 Å². The summed E-state index contributed by atoms with van der Waals surface area (Å²) in [4.78, 5) is 43.2. The molecule has 0 aliphatic rings. The van der Waals surface area contributed by atoms with Gasteiger partial charge < -0.3 is 31.6 Å². The summed E-state index contributed by atoms with van der Waals surface area (Å²) in [7, 11) is 0. The van der Waals surface area contributed by atoms with E-state index in [1.807, 2.05) is 60.7 Å². The van der Waals surface area contributed by atoms with Crippen LogP contribution in [0.15, 0.2) is 77.5 Å². The third-order valence-corrected chi connectivity index (χ3v) is 6.08. The molecule has 2 heterocycles. The number of pyridine rings is 1. The lowest BCUT2D eigenvalue weighted by Gasteiger charge is -2.18. The number of fused-ring (bicyclic) bond motifs is 1. The molecule has 0 saturated carbocycles. The van der Waals surface area contributed by atoms with Crippen molar-refractivity contribution in [3.63, 3.8) is 0 Å². The number of benzene rings is 2. The number of nitrogens with one attached hydrogen (secondary N) is 2. The summed E-state index contributed by atoms with van der Waals surface area (Å²) in [5, 5.41) is 13.8. The highest BCUT2D eigenvalue weighted by molar-refractivity contribution is 6.03. The Kier molecular flexibility index (Phi) is 11.7. The number of carbonyl (C=O) groups excluding carboxylic acids is 2. The van der Waals surface area contributed by atoms with E-state index in [0.29, 0.717) is 37.9 Å². The Balaban J connectivity index is 0.000000646. The van der Waals surface area contributed by atoms with E-state index in [4.69, 9.17) is 25.8 Å². The zero-order valence-corrected chi connectivity index (χ0v) is 22.9. The first-order valence-electron chi connectivity index (χ1n) is 13.2. The smallest absolute Gasteiger partial charge is 0.475 e. The minimum absolute atomic E-state index is 0.101. The summed E-state index contributed by atoms with van der Waals surface area (Å²) in [6, 6.07) is 18.1. The topological polar surface area (TPSA) is 186 Å². The largest absolute Gasteiger partial charge is 0.490 e. The molecule has 14 heteroatoms. The first-order chi connectivity index (χ1) is 20.5. The average Bonchev–Trinajstić information content (AvgIpc) is 3.49. The van der Waals surface area contributed by atoms with Crippen LogP contribution >= 0.6 is 0 Å². The van der Waals surface area contributed by atoms with Crippen LogP contribution in [0.4, 0.5) is 18.9 Å². The minimum atomic E-state index is -5.08. The van der Waals surface area contributed by atoms with Gasteiger partial charge >= 0.3 is 12.1 Å². The van der Waals surface area contributed by atoms with Crippen molar-refractivity contribution in [2.24, 2.45) is 11.5 Å². The second kappa shape index (κ2) is 15.4. The number of amides is 2. The number of nitrogens with two attached hydrogens (primary N) is 2. The Morgan fingerprint density at radius 3 is 2.37 bits per heavy atom. The second-order valence-corrected chi connectivity index (χ2v) is 9.37. The number of halogens is 3. The molecule has 0 radical (unpaired) electrons. The molecule has 43 heavy (non-hydrogen) atoms. The molecule has 0 aliphatic heterocycles. The summed E-state index contributed by atoms with van der Waals surface area (Å²) >= 11 is 0. The molecule has 2 atom stereocenters. The number of anilines is 1. The monoisotopic (exact) mass is 600 g/mol. The number of carboxylic acid groups (broad SMARTS) is 1. The lowest BCUT2D eigenvalue weighted by atomic mass is 10.0. The number of aromatic nitrogens is 2. The molecule has 0 saturated heterocycles. The van der Waals surface area contributed by atoms with Crippen molar-refractivity contribution < 1.29 is 37.1 Å². The number of alkyl halides is 3. The van der Waals surface area contributed by atoms with Crippen LogP contribution in [0.2, 0.25) is 0 Å². The van der Waals surface area contributed by atoms with E-state index in [2.05, 4.69) is 20.6 Å². The number of para-hydroxylation sites is 1. The van der Waals surface area contributed by atoms with Crippen LogP contribution in [-0.4, -0.2) is 51.6 Å². The molecule has 2 aromatic heterocycles. The molecule has 228 valence electrons. The van der Waals surface area contributed by atoms with E-state index in [-0.39, 0.29) is 17.5 Å². The van der Waals surface area contributed by atoms with Crippen LogP contribution in [0.5, 0.6) is 0 Å².